The van der Waals surface area contributed by atoms with Gasteiger partial charge in [0, 0.05) is 0 Å². The number of rotatable bonds is 6. The molecule has 1 aromatic carbocycles. The third-order valence-electron chi connectivity index (χ3n) is 3.12. The maximum absolute atomic E-state index is 12.8. The van der Waals surface area contributed by atoms with E-state index in [0.717, 1.165) is 12.1 Å². The Balaban J connectivity index is 2.94. The molecule has 0 aromatic heterocycles. The van der Waals surface area contributed by atoms with Crippen molar-refractivity contribution in [2.75, 3.05) is 7.11 Å². The Labute approximate surface area is 141 Å². The van der Waals surface area contributed by atoms with E-state index in [2.05, 4.69) is 32.4 Å². The van der Waals surface area contributed by atoms with Gasteiger partial charge in [0.2, 0.25) is 5.91 Å². The predicted molar refractivity (Wildman–Crippen MR) is 83.4 cm³/mol. The number of carbonyl (C=O) groups is 2. The zero-order chi connectivity index (χ0) is 18.3. The van der Waals surface area contributed by atoms with Crippen LogP contribution in [0.15, 0.2) is 29.3 Å². The van der Waals surface area contributed by atoms with E-state index in [1.54, 1.807) is 0 Å². The highest BCUT2D eigenvalue weighted by Crippen LogP contribution is 2.32. The molecule has 5 nitrogen and oxygen atoms in total. The summed E-state index contributed by atoms with van der Waals surface area (Å²) in [6, 6.07) is 2.63. The highest BCUT2D eigenvalue weighted by atomic mass is 32.1. The van der Waals surface area contributed by atoms with E-state index in [1.165, 1.54) is 26.2 Å². The molecule has 0 aliphatic rings. The molecule has 0 saturated heterocycles. The quantitative estimate of drug-likeness (QED) is 0.481. The first-order valence-electron chi connectivity index (χ1n) is 6.80. The Bertz CT molecular complexity index is 658. The number of methoxy groups -OCH3 is 1. The third-order valence-corrected chi connectivity index (χ3v) is 3.22. The van der Waals surface area contributed by atoms with Gasteiger partial charge in [-0.1, -0.05) is 12.1 Å². The number of thiocarbonyl (C=S) groups is 1. The van der Waals surface area contributed by atoms with E-state index >= 15 is 0 Å². The van der Waals surface area contributed by atoms with Crippen LogP contribution in [-0.4, -0.2) is 30.2 Å². The monoisotopic (exact) mass is 360 g/mol. The van der Waals surface area contributed by atoms with Crippen molar-refractivity contribution >= 4 is 29.3 Å². The van der Waals surface area contributed by atoms with E-state index in [4.69, 9.17) is 0 Å². The fourth-order valence-corrected chi connectivity index (χ4v) is 2.06. The van der Waals surface area contributed by atoms with Crippen LogP contribution in [0.3, 0.4) is 0 Å². The number of nitrogens with one attached hydrogen (secondary N) is 1. The number of nitrogens with zero attached hydrogens (tertiary/aromatic N) is 1. The fraction of sp³-hybridized carbons (Fsp3) is 0.400. The second-order valence-electron chi connectivity index (χ2n) is 4.88. The van der Waals surface area contributed by atoms with Crippen LogP contribution >= 0.6 is 12.2 Å². The molecule has 0 aliphatic carbocycles. The molecular weight excluding hydrogens is 345 g/mol. The molecule has 1 N–H and O–H groups in total. The van der Waals surface area contributed by atoms with Gasteiger partial charge < -0.3 is 10.1 Å². The average molecular weight is 360 g/mol. The molecule has 9 heteroatoms. The van der Waals surface area contributed by atoms with Crippen molar-refractivity contribution in [3.8, 4) is 0 Å². The Morgan fingerprint density at radius 2 is 2.08 bits per heavy atom. The minimum atomic E-state index is -4.51. The average Bonchev–Trinajstić information content (AvgIpc) is 2.52. The predicted octanol–water partition coefficient (Wildman–Crippen LogP) is 2.92. The van der Waals surface area contributed by atoms with Crippen molar-refractivity contribution in [2.24, 2.45) is 4.99 Å². The number of benzene rings is 1. The Hall–Kier alpha value is -2.25. The standard InChI is InChI=1S/C15H15F3N2O3S/c1-9(14(22)23-2)20-13(21)7-12(19-8-24)10-4-3-5-11(6-10)15(16,17)18/h3-6,9,12H,7H2,1-2H3,(H,20,21)/t9-,12?/m0/s1. The molecular formula is C15H15F3N2O3S. The van der Waals surface area contributed by atoms with Crippen LogP contribution < -0.4 is 5.32 Å². The van der Waals surface area contributed by atoms with Gasteiger partial charge in [-0.05, 0) is 36.8 Å². The summed E-state index contributed by atoms with van der Waals surface area (Å²) in [5.41, 5.74) is -0.684. The Kier molecular flexibility index (Phi) is 7.06. The SMILES string of the molecule is COC(=O)[C@H](C)NC(=O)CC(N=C=S)c1cccc(C(F)(F)F)c1. The van der Waals surface area contributed by atoms with E-state index in [0.29, 0.717) is 0 Å². The van der Waals surface area contributed by atoms with Gasteiger partial charge in [0.25, 0.3) is 0 Å². The summed E-state index contributed by atoms with van der Waals surface area (Å²) >= 11 is 4.49. The van der Waals surface area contributed by atoms with Gasteiger partial charge in [-0.25, -0.2) is 9.79 Å². The smallest absolute Gasteiger partial charge is 0.416 e. The fourth-order valence-electron chi connectivity index (χ4n) is 1.94. The summed E-state index contributed by atoms with van der Waals surface area (Å²) in [6.07, 6.45) is -4.80. The lowest BCUT2D eigenvalue weighted by atomic mass is 10.0. The molecule has 1 amide bonds. The first kappa shape index (κ1) is 19.8. The number of hydrogen-bond donors (Lipinski definition) is 1. The minimum Gasteiger partial charge on any atom is -0.467 e. The molecule has 0 spiro atoms. The first-order valence-corrected chi connectivity index (χ1v) is 7.21. The number of ether oxygens (including phenoxy) is 1. The highest BCUT2D eigenvalue weighted by Gasteiger charge is 2.31. The summed E-state index contributed by atoms with van der Waals surface area (Å²) in [5.74, 6) is -1.22. The maximum Gasteiger partial charge on any atom is 0.416 e. The molecule has 0 saturated carbocycles. The summed E-state index contributed by atoms with van der Waals surface area (Å²) in [4.78, 5) is 27.0. The lowest BCUT2D eigenvalue weighted by Gasteiger charge is -2.16. The lowest BCUT2D eigenvalue weighted by molar-refractivity contribution is -0.144. The van der Waals surface area contributed by atoms with Gasteiger partial charge >= 0.3 is 12.1 Å². The summed E-state index contributed by atoms with van der Waals surface area (Å²) < 4.78 is 42.8. The number of esters is 1. The molecule has 0 radical (unpaired) electrons. The second-order valence-corrected chi connectivity index (χ2v) is 5.06. The van der Waals surface area contributed by atoms with Gasteiger partial charge in [0.05, 0.1) is 30.3 Å². The van der Waals surface area contributed by atoms with Crippen LogP contribution in [0.2, 0.25) is 0 Å². The van der Waals surface area contributed by atoms with Crippen molar-refractivity contribution in [3.05, 3.63) is 35.4 Å². The molecule has 0 aliphatic heterocycles. The molecule has 24 heavy (non-hydrogen) atoms. The second kappa shape index (κ2) is 8.56. The van der Waals surface area contributed by atoms with Gasteiger partial charge in [0.1, 0.15) is 6.04 Å². The normalized spacial score (nSPS) is 13.4. The number of hydrogen-bond acceptors (Lipinski definition) is 5. The van der Waals surface area contributed by atoms with Crippen LogP contribution in [0.25, 0.3) is 0 Å². The van der Waals surface area contributed by atoms with Gasteiger partial charge in [0.15, 0.2) is 0 Å². The van der Waals surface area contributed by atoms with Crippen LogP contribution in [0.1, 0.15) is 30.5 Å². The van der Waals surface area contributed by atoms with Crippen LogP contribution in [0.5, 0.6) is 0 Å². The molecule has 2 atom stereocenters. The number of isothiocyanates is 1. The minimum absolute atomic E-state index is 0.169. The summed E-state index contributed by atoms with van der Waals surface area (Å²) in [6.45, 7) is 1.42. The van der Waals surface area contributed by atoms with E-state index in [9.17, 15) is 22.8 Å². The number of aliphatic imine (C=N–C) groups is 1. The van der Waals surface area contributed by atoms with Crippen LogP contribution in [-0.2, 0) is 20.5 Å². The van der Waals surface area contributed by atoms with E-state index < -0.39 is 35.7 Å². The van der Waals surface area contributed by atoms with Crippen molar-refractivity contribution in [2.45, 2.75) is 31.6 Å². The topological polar surface area (TPSA) is 67.8 Å². The number of alkyl halides is 3. The van der Waals surface area contributed by atoms with Crippen molar-refractivity contribution in [3.63, 3.8) is 0 Å². The summed E-state index contributed by atoms with van der Waals surface area (Å²) in [7, 11) is 1.17. The van der Waals surface area contributed by atoms with Crippen molar-refractivity contribution in [1.82, 2.24) is 5.32 Å². The number of amides is 1. The highest BCUT2D eigenvalue weighted by molar-refractivity contribution is 7.78. The largest absolute Gasteiger partial charge is 0.467 e. The Morgan fingerprint density at radius 3 is 2.62 bits per heavy atom. The first-order chi connectivity index (χ1) is 11.2. The van der Waals surface area contributed by atoms with E-state index in [1.807, 2.05) is 0 Å². The summed E-state index contributed by atoms with van der Waals surface area (Å²) in [5, 5.41) is 4.45. The van der Waals surface area contributed by atoms with Gasteiger partial charge in [-0.15, -0.1) is 0 Å². The molecule has 0 heterocycles. The molecule has 1 rings (SSSR count). The van der Waals surface area contributed by atoms with Crippen LogP contribution in [0, 0.1) is 0 Å². The van der Waals surface area contributed by atoms with Crippen molar-refractivity contribution < 1.29 is 27.5 Å². The molecule has 130 valence electrons. The Morgan fingerprint density at radius 1 is 1.42 bits per heavy atom. The number of halogens is 3. The van der Waals surface area contributed by atoms with Gasteiger partial charge in [-0.3, -0.25) is 4.79 Å². The maximum atomic E-state index is 12.8. The molecule has 1 unspecified atom stereocenters. The lowest BCUT2D eigenvalue weighted by Crippen LogP contribution is -2.39. The van der Waals surface area contributed by atoms with Gasteiger partial charge in [-0.2, -0.15) is 13.2 Å². The molecule has 0 bridgehead atoms. The van der Waals surface area contributed by atoms with Crippen LogP contribution in [0.4, 0.5) is 13.2 Å². The zero-order valence-corrected chi connectivity index (χ0v) is 13.7. The molecule has 1 aromatic rings. The van der Waals surface area contributed by atoms with Crippen molar-refractivity contribution in [1.29, 1.82) is 0 Å². The number of carbonyl (C=O) groups excluding carboxylic acids is 2. The van der Waals surface area contributed by atoms with E-state index in [-0.39, 0.29) is 12.0 Å². The molecule has 0 fully saturated rings. The zero-order valence-electron chi connectivity index (χ0n) is 12.9. The third kappa shape index (κ3) is 5.75.